The largest absolute Gasteiger partial charge is 0.462 e. The molecule has 1 aliphatic rings. The fourth-order valence-electron chi connectivity index (χ4n) is 3.92. The maximum absolute atomic E-state index is 13.9. The molecule has 0 saturated heterocycles. The Labute approximate surface area is 197 Å². The number of hydrogen-bond donors (Lipinski definition) is 2. The number of carbonyl (C=O) groups excluding carboxylic acids is 2. The van der Waals surface area contributed by atoms with Crippen molar-refractivity contribution in [1.82, 2.24) is 9.78 Å². The van der Waals surface area contributed by atoms with Crippen molar-refractivity contribution < 1.29 is 27.5 Å². The van der Waals surface area contributed by atoms with E-state index in [1.165, 1.54) is 17.4 Å². The third-order valence-corrected chi connectivity index (χ3v) is 6.84. The Balaban J connectivity index is 1.65. The molecule has 1 aliphatic heterocycles. The van der Waals surface area contributed by atoms with Crippen LogP contribution in [0, 0.1) is 13.8 Å². The van der Waals surface area contributed by atoms with E-state index in [0.29, 0.717) is 11.1 Å². The SMILES string of the molecule is CCOC(=O)c1c(NC(=O)c2cc3n(n2)[C@@H](C(F)(F)F)C[C@H](c2ccccc2)N3)sc(C)c1C. The van der Waals surface area contributed by atoms with Crippen LogP contribution in [0.15, 0.2) is 36.4 Å². The summed E-state index contributed by atoms with van der Waals surface area (Å²) in [4.78, 5) is 26.1. The third kappa shape index (κ3) is 4.52. The summed E-state index contributed by atoms with van der Waals surface area (Å²) in [5.74, 6) is -1.20. The standard InChI is InChI=1S/C23H23F3N4O3S/c1-4-33-22(32)19-12(2)13(3)34-21(19)28-20(31)16-11-18-27-15(14-8-6-5-7-9-14)10-17(23(24,25)26)30(18)29-16/h5-9,11,15,17,27H,4,10H2,1-3H3,(H,28,31)/t15-,17-/m1/s1. The van der Waals surface area contributed by atoms with Gasteiger partial charge in [0.05, 0.1) is 18.2 Å². The molecule has 0 radical (unpaired) electrons. The van der Waals surface area contributed by atoms with Crippen LogP contribution < -0.4 is 10.6 Å². The van der Waals surface area contributed by atoms with Crippen molar-refractivity contribution >= 4 is 34.0 Å². The number of amides is 1. The molecular formula is C23H23F3N4O3S. The van der Waals surface area contributed by atoms with E-state index >= 15 is 0 Å². The number of aryl methyl sites for hydroxylation is 1. The number of rotatable bonds is 5. The van der Waals surface area contributed by atoms with Crippen molar-refractivity contribution in [3.63, 3.8) is 0 Å². The zero-order valence-electron chi connectivity index (χ0n) is 18.7. The number of nitrogens with zero attached hydrogens (tertiary/aromatic N) is 2. The van der Waals surface area contributed by atoms with Gasteiger partial charge in [0.25, 0.3) is 5.91 Å². The molecule has 2 aromatic heterocycles. The number of hydrogen-bond acceptors (Lipinski definition) is 6. The number of anilines is 2. The highest BCUT2D eigenvalue weighted by molar-refractivity contribution is 7.16. The van der Waals surface area contributed by atoms with Crippen LogP contribution in [0.1, 0.15) is 62.3 Å². The molecule has 0 aliphatic carbocycles. The maximum Gasteiger partial charge on any atom is 0.410 e. The van der Waals surface area contributed by atoms with Crippen molar-refractivity contribution in [2.45, 2.75) is 45.5 Å². The van der Waals surface area contributed by atoms with Crippen LogP contribution in [0.25, 0.3) is 0 Å². The van der Waals surface area contributed by atoms with Gasteiger partial charge in [0.1, 0.15) is 10.8 Å². The van der Waals surface area contributed by atoms with Crippen molar-refractivity contribution in [2.24, 2.45) is 0 Å². The van der Waals surface area contributed by atoms with E-state index in [4.69, 9.17) is 4.74 Å². The molecule has 3 heterocycles. The molecule has 1 amide bonds. The van der Waals surface area contributed by atoms with Crippen LogP contribution >= 0.6 is 11.3 Å². The average molecular weight is 493 g/mol. The van der Waals surface area contributed by atoms with Crippen LogP contribution in [-0.4, -0.2) is 34.4 Å². The summed E-state index contributed by atoms with van der Waals surface area (Å²) >= 11 is 1.19. The minimum Gasteiger partial charge on any atom is -0.462 e. The molecule has 4 rings (SSSR count). The number of alkyl halides is 3. The number of thiophene rings is 1. The van der Waals surface area contributed by atoms with Crippen molar-refractivity contribution in [3.8, 4) is 0 Å². The van der Waals surface area contributed by atoms with Crippen LogP contribution in [0.4, 0.5) is 24.0 Å². The number of carbonyl (C=O) groups is 2. The lowest BCUT2D eigenvalue weighted by molar-refractivity contribution is -0.173. The highest BCUT2D eigenvalue weighted by atomic mass is 32.1. The van der Waals surface area contributed by atoms with Gasteiger partial charge in [0, 0.05) is 17.4 Å². The van der Waals surface area contributed by atoms with Crippen LogP contribution in [-0.2, 0) is 4.74 Å². The van der Waals surface area contributed by atoms with E-state index in [9.17, 15) is 22.8 Å². The lowest BCUT2D eigenvalue weighted by atomic mass is 9.97. The van der Waals surface area contributed by atoms with E-state index in [2.05, 4.69) is 15.7 Å². The third-order valence-electron chi connectivity index (χ3n) is 5.72. The maximum atomic E-state index is 13.9. The summed E-state index contributed by atoms with van der Waals surface area (Å²) in [6.45, 7) is 5.38. The molecular weight excluding hydrogens is 469 g/mol. The van der Waals surface area contributed by atoms with E-state index in [0.717, 1.165) is 9.56 Å². The number of fused-ring (bicyclic) bond motifs is 1. The quantitative estimate of drug-likeness (QED) is 0.450. The topological polar surface area (TPSA) is 85.2 Å². The van der Waals surface area contributed by atoms with Crippen LogP contribution in [0.3, 0.4) is 0 Å². The Morgan fingerprint density at radius 3 is 2.62 bits per heavy atom. The van der Waals surface area contributed by atoms with E-state index in [1.54, 1.807) is 51.1 Å². The van der Waals surface area contributed by atoms with Crippen molar-refractivity contribution in [1.29, 1.82) is 0 Å². The van der Waals surface area contributed by atoms with Gasteiger partial charge in [-0.15, -0.1) is 11.3 Å². The minimum atomic E-state index is -4.55. The van der Waals surface area contributed by atoms with Gasteiger partial charge >= 0.3 is 12.1 Å². The molecule has 0 saturated carbocycles. The Morgan fingerprint density at radius 1 is 1.26 bits per heavy atom. The van der Waals surface area contributed by atoms with Gasteiger partial charge < -0.3 is 15.4 Å². The summed E-state index contributed by atoms with van der Waals surface area (Å²) in [6.07, 6.45) is -4.82. The van der Waals surface area contributed by atoms with Gasteiger partial charge in [0.2, 0.25) is 0 Å². The fraction of sp³-hybridized carbons (Fsp3) is 0.348. The number of benzene rings is 1. The molecule has 34 heavy (non-hydrogen) atoms. The molecule has 1 aromatic carbocycles. The average Bonchev–Trinajstić information content (AvgIpc) is 3.34. The zero-order valence-corrected chi connectivity index (χ0v) is 19.5. The number of nitrogens with one attached hydrogen (secondary N) is 2. The summed E-state index contributed by atoms with van der Waals surface area (Å²) < 4.78 is 47.6. The summed E-state index contributed by atoms with van der Waals surface area (Å²) in [5, 5.41) is 9.93. The first-order valence-corrected chi connectivity index (χ1v) is 11.5. The molecule has 0 unspecified atom stereocenters. The van der Waals surface area contributed by atoms with Crippen LogP contribution in [0.5, 0.6) is 0 Å². The first-order chi connectivity index (χ1) is 16.1. The lowest BCUT2D eigenvalue weighted by Crippen LogP contribution is -2.35. The molecule has 0 spiro atoms. The Hall–Kier alpha value is -3.34. The number of ether oxygens (including phenoxy) is 1. The van der Waals surface area contributed by atoms with Gasteiger partial charge in [-0.25, -0.2) is 9.48 Å². The molecule has 0 fully saturated rings. The fourth-order valence-corrected chi connectivity index (χ4v) is 4.96. The zero-order chi connectivity index (χ0) is 24.6. The second-order valence-corrected chi connectivity index (χ2v) is 9.15. The summed E-state index contributed by atoms with van der Waals surface area (Å²) in [5.41, 5.74) is 1.42. The molecule has 7 nitrogen and oxygen atoms in total. The normalized spacial score (nSPS) is 17.6. The molecule has 2 N–H and O–H groups in total. The second-order valence-electron chi connectivity index (χ2n) is 7.92. The van der Waals surface area contributed by atoms with Crippen molar-refractivity contribution in [3.05, 3.63) is 63.7 Å². The van der Waals surface area contributed by atoms with Gasteiger partial charge in [-0.05, 0) is 31.9 Å². The first-order valence-electron chi connectivity index (χ1n) is 10.7. The van der Waals surface area contributed by atoms with Crippen LogP contribution in [0.2, 0.25) is 0 Å². The molecule has 0 bridgehead atoms. The lowest BCUT2D eigenvalue weighted by Gasteiger charge is -2.33. The molecule has 3 aromatic rings. The molecule has 11 heteroatoms. The van der Waals surface area contributed by atoms with E-state index in [-0.39, 0.29) is 35.1 Å². The predicted molar refractivity (Wildman–Crippen MR) is 122 cm³/mol. The smallest absolute Gasteiger partial charge is 0.410 e. The Bertz CT molecular complexity index is 1220. The van der Waals surface area contributed by atoms with Gasteiger partial charge in [0.15, 0.2) is 11.7 Å². The Kier molecular flexibility index (Phi) is 6.39. The summed E-state index contributed by atoms with van der Waals surface area (Å²) in [7, 11) is 0. The monoisotopic (exact) mass is 492 g/mol. The minimum absolute atomic E-state index is 0.0942. The predicted octanol–water partition coefficient (Wildman–Crippen LogP) is 5.65. The highest BCUT2D eigenvalue weighted by Crippen LogP contribution is 2.43. The molecule has 2 atom stereocenters. The van der Waals surface area contributed by atoms with Gasteiger partial charge in [-0.1, -0.05) is 30.3 Å². The van der Waals surface area contributed by atoms with Gasteiger partial charge in [-0.2, -0.15) is 18.3 Å². The number of esters is 1. The number of aromatic nitrogens is 2. The van der Waals surface area contributed by atoms with E-state index < -0.39 is 30.1 Å². The first kappa shape index (κ1) is 23.8. The number of halogens is 3. The highest BCUT2D eigenvalue weighted by Gasteiger charge is 2.46. The van der Waals surface area contributed by atoms with Gasteiger partial charge in [-0.3, -0.25) is 4.79 Å². The van der Waals surface area contributed by atoms with E-state index in [1.807, 2.05) is 0 Å². The second kappa shape index (κ2) is 9.13. The van der Waals surface area contributed by atoms with Crippen molar-refractivity contribution in [2.75, 3.05) is 17.2 Å². The molecule has 180 valence electrons. The summed E-state index contributed by atoms with van der Waals surface area (Å²) in [6, 6.07) is 7.63. The Morgan fingerprint density at radius 2 is 1.97 bits per heavy atom.